The van der Waals surface area contributed by atoms with Crippen molar-refractivity contribution in [2.24, 2.45) is 0 Å². The normalized spacial score (nSPS) is 20.8. The van der Waals surface area contributed by atoms with Crippen LogP contribution in [0.2, 0.25) is 0 Å². The summed E-state index contributed by atoms with van der Waals surface area (Å²) in [4.78, 5) is 11.9. The number of amides is 1. The summed E-state index contributed by atoms with van der Waals surface area (Å²) in [6, 6.07) is 7.64. The fourth-order valence-electron chi connectivity index (χ4n) is 2.18. The molecule has 0 aliphatic carbocycles. The number of likely N-dealkylation sites (N-methyl/N-ethyl adjacent to an activating group) is 1. The van der Waals surface area contributed by atoms with Gasteiger partial charge in [-0.2, -0.15) is 4.31 Å². The number of hydrogen-bond donors (Lipinski definition) is 1. The number of sulfonamides is 1. The number of hydrogen-bond acceptors (Lipinski definition) is 3. The smallest absolute Gasteiger partial charge is 0.243 e. The lowest BCUT2D eigenvalue weighted by Crippen LogP contribution is -2.44. The Labute approximate surface area is 107 Å². The predicted molar refractivity (Wildman–Crippen MR) is 67.4 cm³/mol. The van der Waals surface area contributed by atoms with E-state index in [-0.39, 0.29) is 10.8 Å². The maximum Gasteiger partial charge on any atom is 0.243 e. The first-order chi connectivity index (χ1) is 8.57. The number of rotatable bonds is 3. The van der Waals surface area contributed by atoms with Gasteiger partial charge < -0.3 is 5.32 Å². The summed E-state index contributed by atoms with van der Waals surface area (Å²) in [5.41, 5.74) is 0. The minimum atomic E-state index is -3.57. The summed E-state index contributed by atoms with van der Waals surface area (Å²) in [7, 11) is -2.05. The molecular formula is C12H16N2O3S. The van der Waals surface area contributed by atoms with Crippen LogP contribution in [0.5, 0.6) is 0 Å². The lowest BCUT2D eigenvalue weighted by atomic mass is 10.2. The minimum Gasteiger partial charge on any atom is -0.358 e. The molecule has 0 spiro atoms. The average molecular weight is 268 g/mol. The van der Waals surface area contributed by atoms with Crippen molar-refractivity contribution >= 4 is 15.9 Å². The molecule has 1 saturated heterocycles. The highest BCUT2D eigenvalue weighted by molar-refractivity contribution is 7.89. The number of nitrogens with zero attached hydrogens (tertiary/aromatic N) is 1. The summed E-state index contributed by atoms with van der Waals surface area (Å²) in [5.74, 6) is -0.244. The van der Waals surface area contributed by atoms with Gasteiger partial charge >= 0.3 is 0 Å². The zero-order valence-corrected chi connectivity index (χ0v) is 11.0. The highest BCUT2D eigenvalue weighted by atomic mass is 32.2. The van der Waals surface area contributed by atoms with Crippen molar-refractivity contribution in [1.82, 2.24) is 9.62 Å². The molecule has 5 nitrogen and oxygen atoms in total. The average Bonchev–Trinajstić information content (AvgIpc) is 2.89. The maximum absolute atomic E-state index is 12.4. The number of benzene rings is 1. The maximum atomic E-state index is 12.4. The van der Waals surface area contributed by atoms with Crippen LogP contribution in [-0.2, 0) is 14.8 Å². The van der Waals surface area contributed by atoms with Gasteiger partial charge in [0.1, 0.15) is 6.04 Å². The van der Waals surface area contributed by atoms with E-state index in [0.717, 1.165) is 0 Å². The zero-order chi connectivity index (χ0) is 13.2. The highest BCUT2D eigenvalue weighted by Crippen LogP contribution is 2.25. The summed E-state index contributed by atoms with van der Waals surface area (Å²) in [6.45, 7) is 0.398. The van der Waals surface area contributed by atoms with E-state index < -0.39 is 16.1 Å². The van der Waals surface area contributed by atoms with Gasteiger partial charge in [-0.1, -0.05) is 18.2 Å². The molecule has 0 bridgehead atoms. The minimum absolute atomic E-state index is 0.237. The lowest BCUT2D eigenvalue weighted by Gasteiger charge is -2.22. The quantitative estimate of drug-likeness (QED) is 0.872. The van der Waals surface area contributed by atoms with E-state index in [4.69, 9.17) is 0 Å². The highest BCUT2D eigenvalue weighted by Gasteiger charge is 2.38. The van der Waals surface area contributed by atoms with Crippen LogP contribution in [0.3, 0.4) is 0 Å². The Morgan fingerprint density at radius 3 is 2.61 bits per heavy atom. The molecular weight excluding hydrogens is 252 g/mol. The molecule has 6 heteroatoms. The van der Waals surface area contributed by atoms with Crippen molar-refractivity contribution in [1.29, 1.82) is 0 Å². The molecule has 1 atom stereocenters. The van der Waals surface area contributed by atoms with Crippen molar-refractivity contribution < 1.29 is 13.2 Å². The molecule has 2 rings (SSSR count). The molecule has 1 aromatic rings. The SMILES string of the molecule is CNC(=O)[C@@H]1CCCN1S(=O)(=O)c1ccccc1. The van der Waals surface area contributed by atoms with E-state index in [1.54, 1.807) is 30.3 Å². The largest absolute Gasteiger partial charge is 0.358 e. The van der Waals surface area contributed by atoms with Crippen LogP contribution in [0.1, 0.15) is 12.8 Å². The van der Waals surface area contributed by atoms with Crippen LogP contribution >= 0.6 is 0 Å². The second-order valence-corrected chi connectivity index (χ2v) is 6.09. The molecule has 0 unspecified atom stereocenters. The molecule has 0 aromatic heterocycles. The van der Waals surface area contributed by atoms with Crippen LogP contribution in [0.25, 0.3) is 0 Å². The standard InChI is InChI=1S/C12H16N2O3S/c1-13-12(15)11-8-5-9-14(11)18(16,17)10-6-3-2-4-7-10/h2-4,6-7,11H,5,8-9H2,1H3,(H,13,15)/t11-/m0/s1. The number of nitrogens with one attached hydrogen (secondary N) is 1. The van der Waals surface area contributed by atoms with Crippen molar-refractivity contribution in [3.05, 3.63) is 30.3 Å². The second-order valence-electron chi connectivity index (χ2n) is 4.20. The number of carbonyl (C=O) groups excluding carboxylic acids is 1. The van der Waals surface area contributed by atoms with Gasteiger partial charge in [0.15, 0.2) is 0 Å². The van der Waals surface area contributed by atoms with Gasteiger partial charge in [0.05, 0.1) is 4.90 Å². The van der Waals surface area contributed by atoms with Gasteiger partial charge in [-0.15, -0.1) is 0 Å². The van der Waals surface area contributed by atoms with E-state index in [2.05, 4.69) is 5.32 Å². The first-order valence-corrected chi connectivity index (χ1v) is 7.30. The molecule has 0 saturated carbocycles. The third-order valence-electron chi connectivity index (χ3n) is 3.10. The van der Waals surface area contributed by atoms with Crippen LogP contribution in [-0.4, -0.2) is 38.3 Å². The van der Waals surface area contributed by atoms with E-state index in [9.17, 15) is 13.2 Å². The Morgan fingerprint density at radius 1 is 1.33 bits per heavy atom. The Balaban J connectivity index is 2.33. The van der Waals surface area contributed by atoms with Crippen molar-refractivity contribution in [2.75, 3.05) is 13.6 Å². The summed E-state index contributed by atoms with van der Waals surface area (Å²) in [5, 5.41) is 2.52. The Morgan fingerprint density at radius 2 is 2.00 bits per heavy atom. The van der Waals surface area contributed by atoms with E-state index in [1.165, 1.54) is 11.4 Å². The number of carbonyl (C=O) groups is 1. The van der Waals surface area contributed by atoms with Gasteiger partial charge in [0, 0.05) is 13.6 Å². The summed E-state index contributed by atoms with van der Waals surface area (Å²) >= 11 is 0. The fourth-order valence-corrected chi connectivity index (χ4v) is 3.86. The van der Waals surface area contributed by atoms with Gasteiger partial charge in [0.2, 0.25) is 15.9 Å². The molecule has 1 aliphatic heterocycles. The van der Waals surface area contributed by atoms with Crippen molar-refractivity contribution in [3.63, 3.8) is 0 Å². The van der Waals surface area contributed by atoms with Crippen molar-refractivity contribution in [3.8, 4) is 0 Å². The van der Waals surface area contributed by atoms with Gasteiger partial charge in [-0.3, -0.25) is 4.79 Å². The van der Waals surface area contributed by atoms with E-state index in [1.807, 2.05) is 0 Å². The molecule has 1 amide bonds. The topological polar surface area (TPSA) is 66.5 Å². The fraction of sp³-hybridized carbons (Fsp3) is 0.417. The first-order valence-electron chi connectivity index (χ1n) is 5.86. The molecule has 98 valence electrons. The van der Waals surface area contributed by atoms with Crippen LogP contribution in [0.15, 0.2) is 35.2 Å². The summed E-state index contributed by atoms with van der Waals surface area (Å²) < 4.78 is 26.1. The van der Waals surface area contributed by atoms with Gasteiger partial charge in [0.25, 0.3) is 0 Å². The summed E-state index contributed by atoms with van der Waals surface area (Å²) in [6.07, 6.45) is 1.29. The van der Waals surface area contributed by atoms with Crippen molar-refractivity contribution in [2.45, 2.75) is 23.8 Å². The molecule has 1 aliphatic rings. The van der Waals surface area contributed by atoms with E-state index >= 15 is 0 Å². The van der Waals surface area contributed by atoms with E-state index in [0.29, 0.717) is 19.4 Å². The monoisotopic (exact) mass is 268 g/mol. The predicted octanol–water partition coefficient (Wildman–Crippen LogP) is 0.586. The van der Waals surface area contributed by atoms with Gasteiger partial charge in [-0.05, 0) is 25.0 Å². The third kappa shape index (κ3) is 2.26. The molecule has 18 heavy (non-hydrogen) atoms. The zero-order valence-electron chi connectivity index (χ0n) is 10.2. The molecule has 0 radical (unpaired) electrons. The molecule has 1 fully saturated rings. The molecule has 1 N–H and O–H groups in total. The molecule has 1 heterocycles. The molecule has 1 aromatic carbocycles. The Bertz CT molecular complexity index is 528. The lowest BCUT2D eigenvalue weighted by molar-refractivity contribution is -0.123. The third-order valence-corrected chi connectivity index (χ3v) is 5.02. The Kier molecular flexibility index (Phi) is 3.68. The van der Waals surface area contributed by atoms with Crippen LogP contribution < -0.4 is 5.32 Å². The second kappa shape index (κ2) is 5.07. The first kappa shape index (κ1) is 13.0. The van der Waals surface area contributed by atoms with Gasteiger partial charge in [-0.25, -0.2) is 8.42 Å². The van der Waals surface area contributed by atoms with Crippen LogP contribution in [0.4, 0.5) is 0 Å². The Hall–Kier alpha value is -1.40. The van der Waals surface area contributed by atoms with Crippen LogP contribution in [0, 0.1) is 0 Å².